The van der Waals surface area contributed by atoms with Crippen molar-refractivity contribution in [2.45, 2.75) is 25.7 Å². The van der Waals surface area contributed by atoms with Gasteiger partial charge in [-0.1, -0.05) is 12.1 Å². The normalized spacial score (nSPS) is 14.9. The number of rotatable bonds is 0. The molecule has 0 fully saturated rings. The SMILES string of the molecule is c1cc2c3nc(ncc3c1)Nc1ccc3ncnc(c3c1)OCCCCCCO2. The van der Waals surface area contributed by atoms with Crippen molar-refractivity contribution in [3.63, 3.8) is 0 Å². The van der Waals surface area contributed by atoms with Crippen LogP contribution in [0.5, 0.6) is 11.6 Å². The topological polar surface area (TPSA) is 82.1 Å². The molecule has 0 saturated carbocycles. The van der Waals surface area contributed by atoms with Crippen LogP contribution in [0.15, 0.2) is 48.9 Å². The van der Waals surface area contributed by atoms with Gasteiger partial charge in [0.25, 0.3) is 0 Å². The first kappa shape index (κ1) is 17.6. The summed E-state index contributed by atoms with van der Waals surface area (Å²) in [5.74, 6) is 1.90. The highest BCUT2D eigenvalue weighted by Crippen LogP contribution is 2.28. The minimum atomic E-state index is 0.511. The summed E-state index contributed by atoms with van der Waals surface area (Å²) < 4.78 is 12.0. The molecule has 0 saturated heterocycles. The highest BCUT2D eigenvalue weighted by molar-refractivity contribution is 5.88. The largest absolute Gasteiger partial charge is 0.491 e. The second-order valence-corrected chi connectivity index (χ2v) is 7.03. The van der Waals surface area contributed by atoms with Crippen LogP contribution in [0, 0.1) is 0 Å². The Hall–Kier alpha value is -3.48. The molecule has 0 atom stereocenters. The number of hydrogen-bond acceptors (Lipinski definition) is 7. The molecule has 1 N–H and O–H groups in total. The van der Waals surface area contributed by atoms with E-state index in [2.05, 4.69) is 20.3 Å². The first-order valence-electron chi connectivity index (χ1n) is 9.90. The zero-order chi connectivity index (χ0) is 19.5. The van der Waals surface area contributed by atoms with Gasteiger partial charge >= 0.3 is 0 Å². The van der Waals surface area contributed by atoms with Crippen LogP contribution in [0.4, 0.5) is 11.6 Å². The summed E-state index contributed by atoms with van der Waals surface area (Å²) >= 11 is 0. The van der Waals surface area contributed by atoms with E-state index < -0.39 is 0 Å². The monoisotopic (exact) mass is 387 g/mol. The average molecular weight is 387 g/mol. The molecular formula is C22H21N5O2. The molecule has 2 aromatic carbocycles. The lowest BCUT2D eigenvalue weighted by molar-refractivity contribution is 0.284. The van der Waals surface area contributed by atoms with Gasteiger partial charge in [-0.05, 0) is 49.9 Å². The Morgan fingerprint density at radius 1 is 0.862 bits per heavy atom. The van der Waals surface area contributed by atoms with E-state index in [4.69, 9.17) is 14.5 Å². The quantitative estimate of drug-likeness (QED) is 0.470. The van der Waals surface area contributed by atoms with Crippen molar-refractivity contribution in [1.82, 2.24) is 19.9 Å². The molecule has 5 rings (SSSR count). The van der Waals surface area contributed by atoms with E-state index in [-0.39, 0.29) is 0 Å². The number of ether oxygens (including phenoxy) is 2. The maximum absolute atomic E-state index is 6.01. The maximum Gasteiger partial charge on any atom is 0.227 e. The third-order valence-electron chi connectivity index (χ3n) is 4.96. The summed E-state index contributed by atoms with van der Waals surface area (Å²) in [5.41, 5.74) is 2.50. The summed E-state index contributed by atoms with van der Waals surface area (Å²) in [7, 11) is 0. The van der Waals surface area contributed by atoms with Gasteiger partial charge in [0.15, 0.2) is 0 Å². The fourth-order valence-corrected chi connectivity index (χ4v) is 3.47. The predicted molar refractivity (Wildman–Crippen MR) is 112 cm³/mol. The van der Waals surface area contributed by atoms with Gasteiger partial charge in [-0.2, -0.15) is 0 Å². The van der Waals surface area contributed by atoms with E-state index in [1.54, 1.807) is 6.33 Å². The van der Waals surface area contributed by atoms with Crippen molar-refractivity contribution >= 4 is 33.4 Å². The van der Waals surface area contributed by atoms with Gasteiger partial charge in [0.2, 0.25) is 11.8 Å². The Morgan fingerprint density at radius 2 is 1.76 bits per heavy atom. The Bertz CT molecular complexity index is 1070. The minimum absolute atomic E-state index is 0.511. The fourth-order valence-electron chi connectivity index (χ4n) is 3.47. The zero-order valence-electron chi connectivity index (χ0n) is 16.0. The molecule has 0 amide bonds. The Morgan fingerprint density at radius 3 is 2.69 bits per heavy atom. The second kappa shape index (κ2) is 7.87. The minimum Gasteiger partial charge on any atom is -0.491 e. The van der Waals surface area contributed by atoms with Crippen molar-refractivity contribution in [1.29, 1.82) is 0 Å². The van der Waals surface area contributed by atoms with Gasteiger partial charge in [-0.25, -0.2) is 19.9 Å². The van der Waals surface area contributed by atoms with E-state index in [0.717, 1.165) is 58.9 Å². The van der Waals surface area contributed by atoms with Crippen molar-refractivity contribution in [3.05, 3.63) is 48.9 Å². The van der Waals surface area contributed by atoms with Crippen LogP contribution in [0.25, 0.3) is 21.8 Å². The number of nitrogens with one attached hydrogen (secondary N) is 1. The van der Waals surface area contributed by atoms with E-state index in [0.29, 0.717) is 25.0 Å². The molecule has 4 aromatic rings. The molecule has 29 heavy (non-hydrogen) atoms. The van der Waals surface area contributed by atoms with Crippen molar-refractivity contribution in [2.24, 2.45) is 0 Å². The Balaban J connectivity index is 1.57. The van der Waals surface area contributed by atoms with Gasteiger partial charge < -0.3 is 14.8 Å². The number of para-hydroxylation sites is 1. The average Bonchev–Trinajstić information content (AvgIpc) is 2.75. The summed E-state index contributed by atoms with van der Waals surface area (Å²) in [6.07, 6.45) is 7.49. The maximum atomic E-state index is 6.01. The molecule has 7 heteroatoms. The summed E-state index contributed by atoms with van der Waals surface area (Å²) in [6.45, 7) is 1.30. The summed E-state index contributed by atoms with van der Waals surface area (Å²) in [4.78, 5) is 17.8. The lowest BCUT2D eigenvalue weighted by Gasteiger charge is -2.11. The number of hydrogen-bond donors (Lipinski definition) is 1. The van der Waals surface area contributed by atoms with E-state index in [9.17, 15) is 0 Å². The second-order valence-electron chi connectivity index (χ2n) is 7.03. The molecule has 1 aliphatic rings. The molecule has 0 aliphatic carbocycles. The third kappa shape index (κ3) is 3.76. The van der Waals surface area contributed by atoms with Gasteiger partial charge in [0.05, 0.1) is 24.1 Å². The van der Waals surface area contributed by atoms with Crippen molar-refractivity contribution < 1.29 is 9.47 Å². The molecule has 1 aliphatic heterocycles. The smallest absolute Gasteiger partial charge is 0.227 e. The van der Waals surface area contributed by atoms with E-state index >= 15 is 0 Å². The molecule has 0 spiro atoms. The number of nitrogens with zero attached hydrogens (tertiary/aromatic N) is 4. The number of benzene rings is 2. The first-order chi connectivity index (χ1) is 14.4. The number of anilines is 2. The molecule has 7 nitrogen and oxygen atoms in total. The molecule has 0 unspecified atom stereocenters. The van der Waals surface area contributed by atoms with Gasteiger partial charge in [0, 0.05) is 17.3 Å². The number of fused-ring (bicyclic) bond motifs is 2. The van der Waals surface area contributed by atoms with Gasteiger partial charge in [-0.15, -0.1) is 0 Å². The van der Waals surface area contributed by atoms with Gasteiger partial charge in [-0.3, -0.25) is 0 Å². The van der Waals surface area contributed by atoms with Crippen LogP contribution in [0.2, 0.25) is 0 Å². The first-order valence-corrected chi connectivity index (χ1v) is 9.90. The fraction of sp³-hybridized carbons (Fsp3) is 0.273. The van der Waals surface area contributed by atoms with E-state index in [1.165, 1.54) is 0 Å². The third-order valence-corrected chi connectivity index (χ3v) is 4.96. The lowest BCUT2D eigenvalue weighted by Crippen LogP contribution is -2.02. The van der Waals surface area contributed by atoms with Gasteiger partial charge in [0.1, 0.15) is 17.6 Å². The number of aromatic nitrogens is 4. The molecule has 4 bridgehead atoms. The van der Waals surface area contributed by atoms with Crippen LogP contribution in [0.3, 0.4) is 0 Å². The highest BCUT2D eigenvalue weighted by Gasteiger charge is 2.10. The Kier molecular flexibility index (Phi) is 4.78. The molecule has 2 aromatic heterocycles. The zero-order valence-corrected chi connectivity index (χ0v) is 16.0. The van der Waals surface area contributed by atoms with Crippen LogP contribution >= 0.6 is 0 Å². The molecular weight excluding hydrogens is 366 g/mol. The van der Waals surface area contributed by atoms with Crippen molar-refractivity contribution in [3.8, 4) is 11.6 Å². The van der Waals surface area contributed by atoms with E-state index in [1.807, 2.05) is 42.6 Å². The predicted octanol–water partition coefficient (Wildman–Crippen LogP) is 4.65. The Labute approximate surface area is 168 Å². The molecule has 0 radical (unpaired) electrons. The van der Waals surface area contributed by atoms with Crippen LogP contribution in [-0.4, -0.2) is 33.1 Å². The highest BCUT2D eigenvalue weighted by atomic mass is 16.5. The molecule has 146 valence electrons. The molecule has 3 heterocycles. The van der Waals surface area contributed by atoms with Crippen LogP contribution in [0.1, 0.15) is 25.7 Å². The van der Waals surface area contributed by atoms with Crippen molar-refractivity contribution in [2.75, 3.05) is 18.5 Å². The van der Waals surface area contributed by atoms with Crippen LogP contribution < -0.4 is 14.8 Å². The summed E-state index contributed by atoms with van der Waals surface area (Å²) in [6, 6.07) is 11.8. The summed E-state index contributed by atoms with van der Waals surface area (Å²) in [5, 5.41) is 5.10. The standard InChI is InChI=1S/C22H21N5O2/c1-2-4-11-29-21-17-12-16(8-9-18(17)24-14-25-21)26-22-23-13-15-6-5-7-19(20(15)27-22)28-10-3-1/h5-9,12-14H,1-4,10-11H2,(H,23,26,27). The van der Waals surface area contributed by atoms with Crippen LogP contribution in [-0.2, 0) is 0 Å². The lowest BCUT2D eigenvalue weighted by atomic mass is 10.2.